The Kier molecular flexibility index (Phi) is 9.61. The van der Waals surface area contributed by atoms with Crippen molar-refractivity contribution < 1.29 is 13.3 Å². The smallest absolute Gasteiger partial charge is 0.293 e. The third-order valence-electron chi connectivity index (χ3n) is 3.56. The molecule has 0 amide bonds. The summed E-state index contributed by atoms with van der Waals surface area (Å²) in [5.74, 6) is 0.301. The van der Waals surface area contributed by atoms with Crippen LogP contribution in [0.3, 0.4) is 0 Å². The fourth-order valence-electron chi connectivity index (χ4n) is 2.23. The first kappa shape index (κ1) is 24.1. The first-order valence-corrected chi connectivity index (χ1v) is 10.8. The zero-order valence-electron chi connectivity index (χ0n) is 15.1. The third kappa shape index (κ3) is 7.59. The second-order valence-corrected chi connectivity index (χ2v) is 8.71. The number of nitro groups is 1. The van der Waals surface area contributed by atoms with E-state index in [9.17, 15) is 18.5 Å². The van der Waals surface area contributed by atoms with Gasteiger partial charge in [0.2, 0.25) is 0 Å². The van der Waals surface area contributed by atoms with Crippen LogP contribution in [0.5, 0.6) is 0 Å². The molecule has 0 aliphatic heterocycles. The highest BCUT2D eigenvalue weighted by molar-refractivity contribution is 14.0. The molecule has 4 N–H and O–H groups in total. The van der Waals surface area contributed by atoms with E-state index in [1.54, 1.807) is 11.3 Å². The number of sulfone groups is 1. The van der Waals surface area contributed by atoms with Crippen LogP contribution in [-0.4, -0.2) is 45.2 Å². The summed E-state index contributed by atoms with van der Waals surface area (Å²) in [5.41, 5.74) is 5.72. The van der Waals surface area contributed by atoms with Gasteiger partial charge in [0.25, 0.3) is 5.69 Å². The molecule has 0 unspecified atom stereocenters. The Morgan fingerprint density at radius 1 is 1.32 bits per heavy atom. The topological polar surface area (TPSA) is 140 Å². The molecule has 0 radical (unpaired) electrons. The molecule has 9 nitrogen and oxygen atoms in total. The van der Waals surface area contributed by atoms with Crippen LogP contribution in [0.25, 0.3) is 0 Å². The van der Waals surface area contributed by atoms with E-state index in [0.29, 0.717) is 25.6 Å². The average molecular weight is 539 g/mol. The van der Waals surface area contributed by atoms with Gasteiger partial charge in [-0.2, -0.15) is 0 Å². The summed E-state index contributed by atoms with van der Waals surface area (Å²) in [6.45, 7) is 1.32. The maximum absolute atomic E-state index is 11.5. The summed E-state index contributed by atoms with van der Waals surface area (Å²) in [5, 5.41) is 19.0. The number of nitrogens with zero attached hydrogens (tertiary/aromatic N) is 2. The van der Waals surface area contributed by atoms with Gasteiger partial charge in [0.05, 0.1) is 9.82 Å². The molecule has 1 heterocycles. The van der Waals surface area contributed by atoms with Gasteiger partial charge in [-0.3, -0.25) is 15.1 Å². The minimum absolute atomic E-state index is 0. The molecule has 0 bridgehead atoms. The number of nitro benzene ring substituents is 1. The van der Waals surface area contributed by atoms with Crippen LogP contribution in [0.1, 0.15) is 4.88 Å². The summed E-state index contributed by atoms with van der Waals surface area (Å²) < 4.78 is 23.1. The number of nitrogens with two attached hydrogens (primary N) is 1. The van der Waals surface area contributed by atoms with E-state index in [0.717, 1.165) is 18.7 Å². The van der Waals surface area contributed by atoms with Crippen molar-refractivity contribution in [2.24, 2.45) is 10.7 Å². The van der Waals surface area contributed by atoms with Gasteiger partial charge in [0.15, 0.2) is 15.8 Å². The van der Waals surface area contributed by atoms with Crippen LogP contribution in [-0.2, 0) is 16.3 Å². The van der Waals surface area contributed by atoms with Crippen LogP contribution in [0.15, 0.2) is 45.6 Å². The van der Waals surface area contributed by atoms with Gasteiger partial charge in [0.1, 0.15) is 5.69 Å². The maximum Gasteiger partial charge on any atom is 0.293 e. The number of thiophene rings is 1. The van der Waals surface area contributed by atoms with Crippen molar-refractivity contribution >= 4 is 62.5 Å². The highest BCUT2D eigenvalue weighted by Crippen LogP contribution is 2.27. The number of anilines is 1. The number of hydrogen-bond acceptors (Lipinski definition) is 7. The van der Waals surface area contributed by atoms with Gasteiger partial charge in [-0.05, 0) is 23.6 Å². The number of hydrogen-bond donors (Lipinski definition) is 3. The van der Waals surface area contributed by atoms with E-state index < -0.39 is 14.8 Å². The molecule has 0 saturated heterocycles. The van der Waals surface area contributed by atoms with Crippen molar-refractivity contribution in [3.8, 4) is 0 Å². The molecule has 12 heteroatoms. The summed E-state index contributed by atoms with van der Waals surface area (Å²) >= 11 is 1.67. The highest BCUT2D eigenvalue weighted by Gasteiger charge is 2.18. The average Bonchev–Trinajstić information content (AvgIpc) is 3.11. The fraction of sp³-hybridized carbons (Fsp3) is 0.312. The summed E-state index contributed by atoms with van der Waals surface area (Å²) in [6.07, 6.45) is 1.82. The lowest BCUT2D eigenvalue weighted by Gasteiger charge is -2.09. The number of rotatable bonds is 9. The van der Waals surface area contributed by atoms with E-state index in [2.05, 4.69) is 15.6 Å². The van der Waals surface area contributed by atoms with E-state index in [4.69, 9.17) is 5.73 Å². The van der Waals surface area contributed by atoms with Gasteiger partial charge in [-0.25, -0.2) is 8.42 Å². The van der Waals surface area contributed by atoms with Crippen molar-refractivity contribution in [3.05, 3.63) is 50.7 Å². The van der Waals surface area contributed by atoms with Crippen LogP contribution in [0.2, 0.25) is 0 Å². The first-order valence-electron chi connectivity index (χ1n) is 8.06. The Balaban J connectivity index is 0.00000392. The van der Waals surface area contributed by atoms with Crippen molar-refractivity contribution in [2.45, 2.75) is 11.3 Å². The third-order valence-corrected chi connectivity index (χ3v) is 5.61. The van der Waals surface area contributed by atoms with Gasteiger partial charge in [-0.1, -0.05) is 6.07 Å². The molecule has 28 heavy (non-hydrogen) atoms. The summed E-state index contributed by atoms with van der Waals surface area (Å²) in [6, 6.07) is 7.78. The predicted octanol–water partition coefficient (Wildman–Crippen LogP) is 2.24. The lowest BCUT2D eigenvalue weighted by molar-refractivity contribution is -0.384. The quantitative estimate of drug-likeness (QED) is 0.111. The molecule has 1 aromatic carbocycles. The SMILES string of the molecule is CS(=O)(=O)c1ccc(NCCNC(N)=NCCc2cccs2)c([N+](=O)[O-])c1.I. The van der Waals surface area contributed by atoms with Gasteiger partial charge in [0, 0.05) is 43.3 Å². The van der Waals surface area contributed by atoms with Crippen LogP contribution < -0.4 is 16.4 Å². The summed E-state index contributed by atoms with van der Waals surface area (Å²) in [4.78, 5) is 15.9. The molecular formula is C16H22IN5O4S2. The second kappa shape index (κ2) is 11.2. The number of guanidine groups is 1. The van der Waals surface area contributed by atoms with Crippen molar-refractivity contribution in [3.63, 3.8) is 0 Å². The Morgan fingerprint density at radius 3 is 2.68 bits per heavy atom. The molecule has 2 rings (SSSR count). The minimum Gasteiger partial charge on any atom is -0.378 e. The molecule has 0 aliphatic carbocycles. The summed E-state index contributed by atoms with van der Waals surface area (Å²) in [7, 11) is -3.51. The standard InChI is InChI=1S/C16H21N5O4S2.HI/c1-27(24,25)13-4-5-14(15(11-13)21(22)23)18-8-9-20-16(17)19-7-6-12-3-2-10-26-12;/h2-5,10-11,18H,6-9H2,1H3,(H3,17,19,20);1H. The first-order chi connectivity index (χ1) is 12.8. The molecule has 1 aromatic heterocycles. The number of halogens is 1. The lowest BCUT2D eigenvalue weighted by atomic mass is 10.2. The van der Waals surface area contributed by atoms with Gasteiger partial charge >= 0.3 is 0 Å². The highest BCUT2D eigenvalue weighted by atomic mass is 127. The molecule has 0 atom stereocenters. The molecule has 2 aromatic rings. The molecule has 0 aliphatic rings. The van der Waals surface area contributed by atoms with E-state index >= 15 is 0 Å². The monoisotopic (exact) mass is 539 g/mol. The Hall–Kier alpha value is -1.93. The van der Waals surface area contributed by atoms with Gasteiger partial charge in [-0.15, -0.1) is 35.3 Å². The zero-order valence-corrected chi connectivity index (χ0v) is 19.1. The van der Waals surface area contributed by atoms with E-state index in [-0.39, 0.29) is 40.2 Å². The Morgan fingerprint density at radius 2 is 2.07 bits per heavy atom. The molecular weight excluding hydrogens is 517 g/mol. The van der Waals surface area contributed by atoms with Crippen molar-refractivity contribution in [1.29, 1.82) is 0 Å². The van der Waals surface area contributed by atoms with Crippen molar-refractivity contribution in [1.82, 2.24) is 5.32 Å². The Bertz CT molecular complexity index is 917. The zero-order chi connectivity index (χ0) is 19.9. The van der Waals surface area contributed by atoms with Crippen LogP contribution in [0.4, 0.5) is 11.4 Å². The maximum atomic E-state index is 11.5. The number of benzene rings is 1. The molecule has 0 saturated carbocycles. The fourth-order valence-corrected chi connectivity index (χ4v) is 3.57. The number of aliphatic imine (C=N–C) groups is 1. The van der Waals surface area contributed by atoms with Crippen LogP contribution in [0, 0.1) is 10.1 Å². The lowest BCUT2D eigenvalue weighted by Crippen LogP contribution is -2.35. The number of nitrogens with one attached hydrogen (secondary N) is 2. The molecule has 154 valence electrons. The Labute approximate surface area is 184 Å². The second-order valence-electron chi connectivity index (χ2n) is 5.66. The largest absolute Gasteiger partial charge is 0.378 e. The van der Waals surface area contributed by atoms with E-state index in [1.807, 2.05) is 17.5 Å². The van der Waals surface area contributed by atoms with Gasteiger partial charge < -0.3 is 16.4 Å². The van der Waals surface area contributed by atoms with Crippen LogP contribution >= 0.6 is 35.3 Å². The van der Waals surface area contributed by atoms with Crippen molar-refractivity contribution in [2.75, 3.05) is 31.2 Å². The van der Waals surface area contributed by atoms with E-state index in [1.165, 1.54) is 17.0 Å². The minimum atomic E-state index is -3.51. The molecule has 0 fully saturated rings. The molecule has 0 spiro atoms. The predicted molar refractivity (Wildman–Crippen MR) is 123 cm³/mol. The normalized spacial score (nSPS) is 11.5.